The molecule has 1 aliphatic rings. The number of nitrogens with zero attached hydrogens (tertiary/aromatic N) is 2. The Morgan fingerprint density at radius 2 is 2.26 bits per heavy atom. The number of amides is 1. The van der Waals surface area contributed by atoms with Gasteiger partial charge < -0.3 is 14.7 Å². The van der Waals surface area contributed by atoms with Gasteiger partial charge in [-0.15, -0.1) is 0 Å². The second-order valence-corrected chi connectivity index (χ2v) is 4.30. The van der Waals surface area contributed by atoms with Crippen LogP contribution in [-0.4, -0.2) is 46.6 Å². The van der Waals surface area contributed by atoms with Gasteiger partial charge in [0.05, 0.1) is 11.0 Å². The van der Waals surface area contributed by atoms with Crippen molar-refractivity contribution in [1.82, 2.24) is 4.90 Å². The molecule has 1 aliphatic heterocycles. The number of β-amino-alcohol motifs (C(OH)–C–C–N with tert-alkyl or cyclic N) is 1. The SMILES string of the molecule is O=C(COc1ccccc1[N+](=O)[O-])N1CC[C@@H](O)C1. The van der Waals surface area contributed by atoms with Crippen molar-refractivity contribution in [3.8, 4) is 5.75 Å². The molecule has 0 spiro atoms. The van der Waals surface area contributed by atoms with Crippen molar-refractivity contribution >= 4 is 11.6 Å². The first kappa shape index (κ1) is 13.3. The number of carbonyl (C=O) groups excluding carboxylic acids is 1. The maximum absolute atomic E-state index is 11.8. The Balaban J connectivity index is 1.95. The van der Waals surface area contributed by atoms with Gasteiger partial charge in [-0.05, 0) is 12.5 Å². The summed E-state index contributed by atoms with van der Waals surface area (Å²) in [7, 11) is 0. The van der Waals surface area contributed by atoms with E-state index in [0.717, 1.165) is 0 Å². The van der Waals surface area contributed by atoms with Crippen LogP contribution in [-0.2, 0) is 4.79 Å². The molecule has 0 bridgehead atoms. The lowest BCUT2D eigenvalue weighted by Crippen LogP contribution is -2.33. The van der Waals surface area contributed by atoms with E-state index in [2.05, 4.69) is 0 Å². The van der Waals surface area contributed by atoms with Crippen LogP contribution in [0.4, 0.5) is 5.69 Å². The van der Waals surface area contributed by atoms with Crippen LogP contribution >= 0.6 is 0 Å². The first-order valence-electron chi connectivity index (χ1n) is 5.90. The van der Waals surface area contributed by atoms with Gasteiger partial charge >= 0.3 is 5.69 Å². The first-order chi connectivity index (χ1) is 9.08. The van der Waals surface area contributed by atoms with Crippen molar-refractivity contribution in [2.45, 2.75) is 12.5 Å². The van der Waals surface area contributed by atoms with Gasteiger partial charge in [0.2, 0.25) is 0 Å². The molecule has 0 radical (unpaired) electrons. The summed E-state index contributed by atoms with van der Waals surface area (Å²) in [5, 5.41) is 20.1. The van der Waals surface area contributed by atoms with Gasteiger partial charge in [-0.2, -0.15) is 0 Å². The number of nitro benzene ring substituents is 1. The monoisotopic (exact) mass is 266 g/mol. The molecule has 1 aromatic carbocycles. The maximum Gasteiger partial charge on any atom is 0.310 e. The number of ether oxygens (including phenoxy) is 1. The van der Waals surface area contributed by atoms with Gasteiger partial charge in [-0.3, -0.25) is 14.9 Å². The molecule has 1 heterocycles. The fourth-order valence-corrected chi connectivity index (χ4v) is 1.93. The quantitative estimate of drug-likeness (QED) is 0.635. The van der Waals surface area contributed by atoms with E-state index in [9.17, 15) is 20.0 Å². The van der Waals surface area contributed by atoms with Crippen LogP contribution in [0.2, 0.25) is 0 Å². The van der Waals surface area contributed by atoms with Crippen molar-refractivity contribution in [2.24, 2.45) is 0 Å². The Hall–Kier alpha value is -2.15. The van der Waals surface area contributed by atoms with E-state index < -0.39 is 11.0 Å². The van der Waals surface area contributed by atoms with Gasteiger partial charge in [-0.25, -0.2) is 0 Å². The number of likely N-dealkylation sites (tertiary alicyclic amines) is 1. The lowest BCUT2D eigenvalue weighted by molar-refractivity contribution is -0.385. The maximum atomic E-state index is 11.8. The highest BCUT2D eigenvalue weighted by molar-refractivity contribution is 5.78. The molecular formula is C12H14N2O5. The zero-order valence-electron chi connectivity index (χ0n) is 10.2. The number of aliphatic hydroxyl groups excluding tert-OH is 1. The van der Waals surface area contributed by atoms with E-state index in [1.807, 2.05) is 0 Å². The van der Waals surface area contributed by atoms with Crippen LogP contribution in [0.25, 0.3) is 0 Å². The minimum absolute atomic E-state index is 0.0700. The van der Waals surface area contributed by atoms with Crippen molar-refractivity contribution in [3.05, 3.63) is 34.4 Å². The van der Waals surface area contributed by atoms with Crippen LogP contribution in [0.1, 0.15) is 6.42 Å². The van der Waals surface area contributed by atoms with Crippen molar-refractivity contribution < 1.29 is 19.6 Å². The van der Waals surface area contributed by atoms with Crippen molar-refractivity contribution in [1.29, 1.82) is 0 Å². The Morgan fingerprint density at radius 3 is 2.89 bits per heavy atom. The molecule has 1 saturated heterocycles. The molecule has 1 atom stereocenters. The lowest BCUT2D eigenvalue weighted by Gasteiger charge is -2.15. The summed E-state index contributed by atoms with van der Waals surface area (Å²) in [6.07, 6.45) is 0.0621. The molecule has 0 unspecified atom stereocenters. The van der Waals surface area contributed by atoms with Crippen molar-refractivity contribution in [2.75, 3.05) is 19.7 Å². The van der Waals surface area contributed by atoms with Gasteiger partial charge in [0.15, 0.2) is 12.4 Å². The number of hydrogen-bond acceptors (Lipinski definition) is 5. The van der Waals surface area contributed by atoms with E-state index in [-0.39, 0.29) is 24.0 Å². The highest BCUT2D eigenvalue weighted by Crippen LogP contribution is 2.25. The van der Waals surface area contributed by atoms with Crippen LogP contribution in [0.5, 0.6) is 5.75 Å². The van der Waals surface area contributed by atoms with Crippen LogP contribution < -0.4 is 4.74 Å². The predicted octanol–water partition coefficient (Wildman–Crippen LogP) is 0.567. The lowest BCUT2D eigenvalue weighted by atomic mass is 10.3. The van der Waals surface area contributed by atoms with E-state index in [0.29, 0.717) is 19.5 Å². The van der Waals surface area contributed by atoms with Gasteiger partial charge in [-0.1, -0.05) is 12.1 Å². The molecule has 7 nitrogen and oxygen atoms in total. The molecular weight excluding hydrogens is 252 g/mol. The van der Waals surface area contributed by atoms with E-state index in [4.69, 9.17) is 4.74 Å². The average molecular weight is 266 g/mol. The standard InChI is InChI=1S/C12H14N2O5/c15-9-5-6-13(7-9)12(16)8-19-11-4-2-1-3-10(11)14(17)18/h1-4,9,15H,5-8H2/t9-/m1/s1. The summed E-state index contributed by atoms with van der Waals surface area (Å²) >= 11 is 0. The molecule has 2 rings (SSSR count). The third kappa shape index (κ3) is 3.19. The summed E-state index contributed by atoms with van der Waals surface area (Å²) in [4.78, 5) is 23.5. The highest BCUT2D eigenvalue weighted by Gasteiger charge is 2.25. The molecule has 7 heteroatoms. The number of benzene rings is 1. The molecule has 1 aromatic rings. The molecule has 0 saturated carbocycles. The van der Waals surface area contributed by atoms with Crippen LogP contribution in [0.15, 0.2) is 24.3 Å². The normalized spacial score (nSPS) is 18.4. The van der Waals surface area contributed by atoms with E-state index in [1.54, 1.807) is 6.07 Å². The number of para-hydroxylation sites is 2. The zero-order valence-corrected chi connectivity index (χ0v) is 10.2. The van der Waals surface area contributed by atoms with Crippen molar-refractivity contribution in [3.63, 3.8) is 0 Å². The minimum atomic E-state index is -0.556. The molecule has 102 valence electrons. The first-order valence-corrected chi connectivity index (χ1v) is 5.90. The number of nitro groups is 1. The number of aliphatic hydroxyl groups is 1. The topological polar surface area (TPSA) is 92.9 Å². The molecule has 1 amide bonds. The summed E-state index contributed by atoms with van der Waals surface area (Å²) in [5.74, 6) is -0.213. The summed E-state index contributed by atoms with van der Waals surface area (Å²) < 4.78 is 5.19. The third-order valence-corrected chi connectivity index (χ3v) is 2.93. The summed E-state index contributed by atoms with van der Waals surface area (Å²) in [6, 6.07) is 5.90. The summed E-state index contributed by atoms with van der Waals surface area (Å²) in [5.41, 5.74) is -0.170. The Kier molecular flexibility index (Phi) is 3.96. The Bertz CT molecular complexity index is 491. The summed E-state index contributed by atoms with van der Waals surface area (Å²) in [6.45, 7) is 0.511. The molecule has 0 aliphatic carbocycles. The predicted molar refractivity (Wildman–Crippen MR) is 65.8 cm³/mol. The van der Waals surface area contributed by atoms with Gasteiger partial charge in [0, 0.05) is 19.2 Å². The van der Waals surface area contributed by atoms with Gasteiger partial charge in [0.25, 0.3) is 5.91 Å². The van der Waals surface area contributed by atoms with Gasteiger partial charge in [0.1, 0.15) is 0 Å². The molecule has 1 fully saturated rings. The molecule has 1 N–H and O–H groups in total. The fourth-order valence-electron chi connectivity index (χ4n) is 1.93. The average Bonchev–Trinajstić information content (AvgIpc) is 2.83. The molecule has 19 heavy (non-hydrogen) atoms. The highest BCUT2D eigenvalue weighted by atomic mass is 16.6. The van der Waals surface area contributed by atoms with E-state index in [1.165, 1.54) is 23.1 Å². The largest absolute Gasteiger partial charge is 0.477 e. The number of rotatable bonds is 4. The number of carbonyl (C=O) groups is 1. The number of hydrogen-bond donors (Lipinski definition) is 1. The minimum Gasteiger partial charge on any atom is -0.477 e. The third-order valence-electron chi connectivity index (χ3n) is 2.93. The smallest absolute Gasteiger partial charge is 0.310 e. The molecule has 0 aromatic heterocycles. The Morgan fingerprint density at radius 1 is 1.53 bits per heavy atom. The van der Waals surface area contributed by atoms with E-state index >= 15 is 0 Å². The van der Waals surface area contributed by atoms with Crippen LogP contribution in [0.3, 0.4) is 0 Å². The zero-order chi connectivity index (χ0) is 13.8. The second kappa shape index (κ2) is 5.66. The fraction of sp³-hybridized carbons (Fsp3) is 0.417. The Labute approximate surface area is 109 Å². The van der Waals surface area contributed by atoms with Crippen LogP contribution in [0, 0.1) is 10.1 Å². The second-order valence-electron chi connectivity index (χ2n) is 4.30.